The summed E-state index contributed by atoms with van der Waals surface area (Å²) in [5, 5.41) is 4.93. The van der Waals surface area contributed by atoms with Gasteiger partial charge >= 0.3 is 0 Å². The molecule has 0 aliphatic heterocycles. The SMILES string of the molecule is CC1(C)c2ccccc2-c2cc3ccc4c(-c5cc(-c6ccccc6)nc(-c6ccc(-c7ccc(-c8cccnc8)cc7)cc6)n5)cccc4c3cc21. The summed E-state index contributed by atoms with van der Waals surface area (Å²) in [4.78, 5) is 14.7. The summed E-state index contributed by atoms with van der Waals surface area (Å²) in [6, 6.07) is 58.7. The van der Waals surface area contributed by atoms with Crippen LogP contribution in [0.3, 0.4) is 0 Å². The van der Waals surface area contributed by atoms with Crippen LogP contribution in [0.2, 0.25) is 0 Å². The highest BCUT2D eigenvalue weighted by Crippen LogP contribution is 2.50. The molecule has 0 bridgehead atoms. The van der Waals surface area contributed by atoms with Crippen molar-refractivity contribution in [3.8, 4) is 67.3 Å². The van der Waals surface area contributed by atoms with Crippen LogP contribution in [0.4, 0.5) is 0 Å². The highest BCUT2D eigenvalue weighted by atomic mass is 14.9. The number of aromatic nitrogens is 3. The average Bonchev–Trinajstić information content (AvgIpc) is 3.45. The van der Waals surface area contributed by atoms with E-state index in [4.69, 9.17) is 9.97 Å². The zero-order chi connectivity index (χ0) is 35.5. The van der Waals surface area contributed by atoms with Crippen LogP contribution in [0.1, 0.15) is 25.0 Å². The van der Waals surface area contributed by atoms with Crippen LogP contribution in [0.15, 0.2) is 176 Å². The van der Waals surface area contributed by atoms with Gasteiger partial charge in [0.05, 0.1) is 11.4 Å². The molecule has 7 aromatic carbocycles. The Balaban J connectivity index is 1.07. The molecule has 0 saturated heterocycles. The lowest BCUT2D eigenvalue weighted by molar-refractivity contribution is 0.661. The summed E-state index contributed by atoms with van der Waals surface area (Å²) < 4.78 is 0. The van der Waals surface area contributed by atoms with Crippen molar-refractivity contribution in [2.24, 2.45) is 0 Å². The molecule has 53 heavy (non-hydrogen) atoms. The number of pyridine rings is 1. The van der Waals surface area contributed by atoms with Crippen LogP contribution in [0.25, 0.3) is 88.8 Å². The molecule has 0 radical (unpaired) electrons. The zero-order valence-electron chi connectivity index (χ0n) is 29.6. The summed E-state index contributed by atoms with van der Waals surface area (Å²) in [6.07, 6.45) is 3.70. The van der Waals surface area contributed by atoms with Crippen LogP contribution in [-0.4, -0.2) is 15.0 Å². The highest BCUT2D eigenvalue weighted by molar-refractivity contribution is 6.13. The van der Waals surface area contributed by atoms with Gasteiger partial charge in [0, 0.05) is 34.5 Å². The summed E-state index contributed by atoms with van der Waals surface area (Å²) >= 11 is 0. The minimum Gasteiger partial charge on any atom is -0.264 e. The van der Waals surface area contributed by atoms with Crippen LogP contribution < -0.4 is 0 Å². The molecule has 0 unspecified atom stereocenters. The molecule has 9 aromatic rings. The van der Waals surface area contributed by atoms with Crippen molar-refractivity contribution >= 4 is 21.5 Å². The fourth-order valence-electron chi connectivity index (χ4n) is 8.18. The van der Waals surface area contributed by atoms with E-state index in [1.807, 2.05) is 18.3 Å². The molecule has 3 nitrogen and oxygen atoms in total. The smallest absolute Gasteiger partial charge is 0.160 e. The standard InChI is InChI=1S/C50H35N3/c1-50(2)45-16-7-6-13-41(45)44-28-37-25-26-40-39(43(37)29-46(44)50)14-8-15-42(40)48-30-47(35-10-4-3-5-11-35)52-49(53-48)36-23-21-33(22-24-36)32-17-19-34(20-18-32)38-12-9-27-51-31-38/h3-31H,1-2H3. The van der Waals surface area contributed by atoms with Crippen molar-refractivity contribution < 1.29 is 0 Å². The lowest BCUT2D eigenvalue weighted by Gasteiger charge is -2.22. The molecule has 0 saturated carbocycles. The van der Waals surface area contributed by atoms with Crippen molar-refractivity contribution in [3.63, 3.8) is 0 Å². The predicted molar refractivity (Wildman–Crippen MR) is 220 cm³/mol. The first-order valence-electron chi connectivity index (χ1n) is 18.2. The number of fused-ring (bicyclic) bond motifs is 6. The largest absolute Gasteiger partial charge is 0.264 e. The van der Waals surface area contributed by atoms with Crippen molar-refractivity contribution in [2.75, 3.05) is 0 Å². The van der Waals surface area contributed by atoms with E-state index in [2.05, 4.69) is 170 Å². The molecule has 0 amide bonds. The topological polar surface area (TPSA) is 38.7 Å². The van der Waals surface area contributed by atoms with Crippen LogP contribution in [0, 0.1) is 0 Å². The maximum atomic E-state index is 5.27. The minimum absolute atomic E-state index is 0.0646. The Bertz CT molecular complexity index is 2820. The first kappa shape index (κ1) is 31.1. The second-order valence-electron chi connectivity index (χ2n) is 14.5. The predicted octanol–water partition coefficient (Wildman–Crippen LogP) is 12.8. The normalized spacial score (nSPS) is 12.9. The van der Waals surface area contributed by atoms with Crippen LogP contribution >= 0.6 is 0 Å². The van der Waals surface area contributed by atoms with Crippen LogP contribution in [-0.2, 0) is 5.41 Å². The van der Waals surface area contributed by atoms with E-state index < -0.39 is 0 Å². The molecule has 3 heteroatoms. The van der Waals surface area contributed by atoms with Gasteiger partial charge in [0.2, 0.25) is 0 Å². The van der Waals surface area contributed by atoms with Crippen molar-refractivity contribution in [1.82, 2.24) is 15.0 Å². The number of rotatable bonds is 5. The Morgan fingerprint density at radius 3 is 1.81 bits per heavy atom. The third-order valence-electron chi connectivity index (χ3n) is 11.0. The second kappa shape index (κ2) is 12.2. The first-order chi connectivity index (χ1) is 26.0. The fourth-order valence-corrected chi connectivity index (χ4v) is 8.18. The van der Waals surface area contributed by atoms with E-state index in [-0.39, 0.29) is 5.41 Å². The molecule has 0 spiro atoms. The van der Waals surface area contributed by atoms with Crippen LogP contribution in [0.5, 0.6) is 0 Å². The Morgan fingerprint density at radius 2 is 1.06 bits per heavy atom. The lowest BCUT2D eigenvalue weighted by Crippen LogP contribution is -2.14. The zero-order valence-corrected chi connectivity index (χ0v) is 29.6. The molecule has 0 N–H and O–H groups in total. The van der Waals surface area contributed by atoms with Gasteiger partial charge in [-0.25, -0.2) is 9.97 Å². The fraction of sp³-hybridized carbons (Fsp3) is 0.0600. The molecule has 2 heterocycles. The molecule has 2 aromatic heterocycles. The Labute approximate surface area is 309 Å². The van der Waals surface area contributed by atoms with Gasteiger partial charge in [-0.3, -0.25) is 4.98 Å². The van der Waals surface area contributed by atoms with Gasteiger partial charge in [0.1, 0.15) is 0 Å². The quantitative estimate of drug-likeness (QED) is 0.170. The van der Waals surface area contributed by atoms with Gasteiger partial charge in [-0.1, -0.05) is 153 Å². The van der Waals surface area contributed by atoms with Gasteiger partial charge in [-0.2, -0.15) is 0 Å². The van der Waals surface area contributed by atoms with Gasteiger partial charge in [0.25, 0.3) is 0 Å². The van der Waals surface area contributed by atoms with E-state index in [9.17, 15) is 0 Å². The average molecular weight is 678 g/mol. The van der Waals surface area contributed by atoms with E-state index in [0.717, 1.165) is 50.3 Å². The van der Waals surface area contributed by atoms with E-state index in [1.54, 1.807) is 6.20 Å². The van der Waals surface area contributed by atoms with Crippen molar-refractivity contribution in [2.45, 2.75) is 19.3 Å². The molecule has 1 aliphatic carbocycles. The Hall–Kier alpha value is -6.71. The van der Waals surface area contributed by atoms with Crippen molar-refractivity contribution in [1.29, 1.82) is 0 Å². The van der Waals surface area contributed by atoms with E-state index in [1.165, 1.54) is 43.8 Å². The number of benzene rings is 7. The van der Waals surface area contributed by atoms with Gasteiger partial charge in [-0.05, 0) is 90.3 Å². The maximum Gasteiger partial charge on any atom is 0.160 e. The molecule has 10 rings (SSSR count). The molecule has 250 valence electrons. The maximum absolute atomic E-state index is 5.27. The monoisotopic (exact) mass is 677 g/mol. The van der Waals surface area contributed by atoms with Crippen molar-refractivity contribution in [3.05, 3.63) is 187 Å². The Kier molecular flexibility index (Phi) is 7.16. The highest BCUT2D eigenvalue weighted by Gasteiger charge is 2.35. The minimum atomic E-state index is -0.0646. The van der Waals surface area contributed by atoms with Gasteiger partial charge in [0.15, 0.2) is 5.82 Å². The Morgan fingerprint density at radius 1 is 0.396 bits per heavy atom. The van der Waals surface area contributed by atoms with Gasteiger partial charge < -0.3 is 0 Å². The van der Waals surface area contributed by atoms with E-state index in [0.29, 0.717) is 5.82 Å². The number of hydrogen-bond donors (Lipinski definition) is 0. The third-order valence-corrected chi connectivity index (χ3v) is 11.0. The lowest BCUT2D eigenvalue weighted by atomic mass is 9.81. The molecule has 0 fully saturated rings. The summed E-state index contributed by atoms with van der Waals surface area (Å²) in [6.45, 7) is 4.69. The molecule has 0 atom stereocenters. The van der Waals surface area contributed by atoms with E-state index >= 15 is 0 Å². The molecular formula is C50H35N3. The number of nitrogens with zero attached hydrogens (tertiary/aromatic N) is 3. The van der Waals surface area contributed by atoms with Gasteiger partial charge in [-0.15, -0.1) is 0 Å². The molecular weight excluding hydrogens is 643 g/mol. The second-order valence-corrected chi connectivity index (χ2v) is 14.5. The third kappa shape index (κ3) is 5.24. The first-order valence-corrected chi connectivity index (χ1v) is 18.2. The number of hydrogen-bond acceptors (Lipinski definition) is 3. The molecule has 1 aliphatic rings. The summed E-state index contributed by atoms with van der Waals surface area (Å²) in [5.74, 6) is 0.704. The summed E-state index contributed by atoms with van der Waals surface area (Å²) in [5.41, 5.74) is 14.9. The summed E-state index contributed by atoms with van der Waals surface area (Å²) in [7, 11) is 0.